The van der Waals surface area contributed by atoms with Gasteiger partial charge in [-0.15, -0.1) is 0 Å². The van der Waals surface area contributed by atoms with Crippen molar-refractivity contribution in [2.24, 2.45) is 5.92 Å². The van der Waals surface area contributed by atoms with Crippen LogP contribution in [-0.4, -0.2) is 0 Å². The van der Waals surface area contributed by atoms with E-state index in [-0.39, 0.29) is 17.7 Å². The third-order valence-corrected chi connectivity index (χ3v) is 5.79. The normalized spacial score (nSPS) is 15.6. The minimum atomic E-state index is -4.62. The third kappa shape index (κ3) is 4.56. The Morgan fingerprint density at radius 3 is 2.00 bits per heavy atom. The van der Waals surface area contributed by atoms with E-state index >= 15 is 0 Å². The van der Waals surface area contributed by atoms with Gasteiger partial charge < -0.3 is 4.74 Å². The van der Waals surface area contributed by atoms with E-state index in [0.29, 0.717) is 11.5 Å². The van der Waals surface area contributed by atoms with E-state index in [1.54, 1.807) is 12.1 Å². The largest absolute Gasteiger partial charge is 0.432 e. The molecule has 3 aromatic carbocycles. The van der Waals surface area contributed by atoms with Gasteiger partial charge in [-0.2, -0.15) is 8.78 Å². The van der Waals surface area contributed by atoms with Gasteiger partial charge in [0.1, 0.15) is 22.9 Å². The SMILES string of the molecule is CCCC1Cc2ccc(-c3cc(F)c(C(F)(F)Oc4cc(F)c(F)c(F)c4)c(F)c3)cc2C1. The number of fused-ring (bicyclic) bond motifs is 1. The Morgan fingerprint density at radius 1 is 0.788 bits per heavy atom. The summed E-state index contributed by atoms with van der Waals surface area (Å²) in [5, 5.41) is 0. The van der Waals surface area contributed by atoms with E-state index in [4.69, 9.17) is 0 Å². The van der Waals surface area contributed by atoms with E-state index in [1.165, 1.54) is 0 Å². The van der Waals surface area contributed by atoms with Crippen LogP contribution in [0.1, 0.15) is 36.5 Å². The van der Waals surface area contributed by atoms with Crippen molar-refractivity contribution in [2.45, 2.75) is 38.7 Å². The zero-order chi connectivity index (χ0) is 23.9. The zero-order valence-electron chi connectivity index (χ0n) is 17.5. The number of rotatable bonds is 6. The molecule has 0 saturated carbocycles. The quantitative estimate of drug-likeness (QED) is 0.266. The van der Waals surface area contributed by atoms with Crippen molar-refractivity contribution in [1.29, 1.82) is 0 Å². The third-order valence-electron chi connectivity index (χ3n) is 5.79. The lowest BCUT2D eigenvalue weighted by molar-refractivity contribution is -0.189. The molecule has 0 aromatic heterocycles. The molecule has 1 atom stereocenters. The highest BCUT2D eigenvalue weighted by molar-refractivity contribution is 5.66. The van der Waals surface area contributed by atoms with Crippen LogP contribution >= 0.6 is 0 Å². The Hall–Kier alpha value is -3.03. The summed E-state index contributed by atoms with van der Waals surface area (Å²) in [6.45, 7) is 2.10. The highest BCUT2D eigenvalue weighted by Gasteiger charge is 2.41. The van der Waals surface area contributed by atoms with Gasteiger partial charge in [-0.3, -0.25) is 0 Å². The van der Waals surface area contributed by atoms with Gasteiger partial charge >= 0.3 is 6.11 Å². The van der Waals surface area contributed by atoms with Crippen molar-refractivity contribution in [3.63, 3.8) is 0 Å². The van der Waals surface area contributed by atoms with Gasteiger partial charge in [0.15, 0.2) is 17.5 Å². The second-order valence-electron chi connectivity index (χ2n) is 8.18. The molecule has 8 heteroatoms. The van der Waals surface area contributed by atoms with Gasteiger partial charge in [-0.1, -0.05) is 38.0 Å². The molecular formula is C25H19F7O. The second kappa shape index (κ2) is 8.72. The zero-order valence-corrected chi connectivity index (χ0v) is 17.5. The number of benzene rings is 3. The average Bonchev–Trinajstić information content (AvgIpc) is 3.12. The van der Waals surface area contributed by atoms with Crippen LogP contribution in [0.15, 0.2) is 42.5 Å². The summed E-state index contributed by atoms with van der Waals surface area (Å²) in [5.74, 6) is -9.26. The van der Waals surface area contributed by atoms with Gasteiger partial charge in [0.05, 0.1) is 0 Å². The molecule has 3 aromatic rings. The summed E-state index contributed by atoms with van der Waals surface area (Å²) in [5.41, 5.74) is 1.03. The minimum absolute atomic E-state index is 0.0603. The first kappa shape index (κ1) is 23.1. The molecule has 1 unspecified atom stereocenters. The molecule has 1 aliphatic rings. The van der Waals surface area contributed by atoms with Crippen LogP contribution in [0.25, 0.3) is 11.1 Å². The molecular weight excluding hydrogens is 449 g/mol. The fraction of sp³-hybridized carbons (Fsp3) is 0.280. The molecule has 0 bridgehead atoms. The molecule has 0 saturated heterocycles. The number of halogens is 7. The average molecular weight is 468 g/mol. The smallest absolute Gasteiger partial charge is 0.429 e. The lowest BCUT2D eigenvalue weighted by Crippen LogP contribution is -2.25. The lowest BCUT2D eigenvalue weighted by Gasteiger charge is -2.20. The van der Waals surface area contributed by atoms with Crippen LogP contribution in [0.2, 0.25) is 0 Å². The summed E-state index contributed by atoms with van der Waals surface area (Å²) in [6, 6.07) is 7.18. The fourth-order valence-corrected chi connectivity index (χ4v) is 4.31. The first-order valence-corrected chi connectivity index (χ1v) is 10.4. The van der Waals surface area contributed by atoms with E-state index in [2.05, 4.69) is 11.7 Å². The van der Waals surface area contributed by atoms with E-state index in [9.17, 15) is 30.7 Å². The van der Waals surface area contributed by atoms with Crippen LogP contribution in [0.3, 0.4) is 0 Å². The molecule has 0 aliphatic heterocycles. The maximum atomic E-state index is 14.6. The number of hydrogen-bond donors (Lipinski definition) is 0. The number of hydrogen-bond acceptors (Lipinski definition) is 1. The van der Waals surface area contributed by atoms with E-state index in [0.717, 1.165) is 48.9 Å². The Labute approximate surface area is 185 Å². The molecule has 33 heavy (non-hydrogen) atoms. The van der Waals surface area contributed by atoms with Gasteiger partial charge in [-0.05, 0) is 53.1 Å². The summed E-state index contributed by atoms with van der Waals surface area (Å²) >= 11 is 0. The molecule has 0 spiro atoms. The summed E-state index contributed by atoms with van der Waals surface area (Å²) in [4.78, 5) is 0. The van der Waals surface area contributed by atoms with Crippen molar-refractivity contribution < 1.29 is 35.5 Å². The molecule has 0 N–H and O–H groups in total. The molecule has 4 rings (SSSR count). The van der Waals surface area contributed by atoms with Crippen LogP contribution in [0.4, 0.5) is 30.7 Å². The van der Waals surface area contributed by atoms with E-state index < -0.39 is 46.5 Å². The Morgan fingerprint density at radius 2 is 1.39 bits per heavy atom. The van der Waals surface area contributed by atoms with Crippen molar-refractivity contribution in [1.82, 2.24) is 0 Å². The fourth-order valence-electron chi connectivity index (χ4n) is 4.31. The highest BCUT2D eigenvalue weighted by atomic mass is 19.3. The van der Waals surface area contributed by atoms with Crippen molar-refractivity contribution in [2.75, 3.05) is 0 Å². The van der Waals surface area contributed by atoms with Gasteiger partial charge in [-0.25, -0.2) is 22.0 Å². The topological polar surface area (TPSA) is 9.23 Å². The van der Waals surface area contributed by atoms with Crippen LogP contribution < -0.4 is 4.74 Å². The second-order valence-corrected chi connectivity index (χ2v) is 8.18. The van der Waals surface area contributed by atoms with Gasteiger partial charge in [0.25, 0.3) is 0 Å². The monoisotopic (exact) mass is 468 g/mol. The summed E-state index contributed by atoms with van der Waals surface area (Å²) in [6.07, 6.45) is -0.722. The molecule has 174 valence electrons. The maximum absolute atomic E-state index is 14.6. The highest BCUT2D eigenvalue weighted by Crippen LogP contribution is 2.39. The molecule has 0 fully saturated rings. The van der Waals surface area contributed by atoms with Crippen LogP contribution in [-0.2, 0) is 19.0 Å². The molecule has 0 amide bonds. The molecule has 1 nitrogen and oxygen atoms in total. The lowest BCUT2D eigenvalue weighted by atomic mass is 9.98. The Kier molecular flexibility index (Phi) is 6.12. The molecule has 0 heterocycles. The van der Waals surface area contributed by atoms with Crippen molar-refractivity contribution in [3.8, 4) is 16.9 Å². The standard InChI is InChI=1S/C25H19F7O/c1-2-3-13-6-14-4-5-15(8-16(14)7-13)17-9-19(26)23(20(27)10-17)25(31,32)33-18-11-21(28)24(30)22(29)12-18/h4-5,8-13H,2-3,6-7H2,1H3. The maximum Gasteiger partial charge on any atom is 0.432 e. The summed E-state index contributed by atoms with van der Waals surface area (Å²) in [7, 11) is 0. The van der Waals surface area contributed by atoms with Gasteiger partial charge in [0, 0.05) is 12.1 Å². The molecule has 1 aliphatic carbocycles. The number of ether oxygens (including phenoxy) is 1. The van der Waals surface area contributed by atoms with Crippen LogP contribution in [0, 0.1) is 35.0 Å². The van der Waals surface area contributed by atoms with Gasteiger partial charge in [0.2, 0.25) is 0 Å². The Balaban J connectivity index is 1.63. The van der Waals surface area contributed by atoms with Crippen molar-refractivity contribution in [3.05, 3.63) is 88.2 Å². The molecule has 0 radical (unpaired) electrons. The van der Waals surface area contributed by atoms with Crippen LogP contribution in [0.5, 0.6) is 5.75 Å². The van der Waals surface area contributed by atoms with E-state index in [1.807, 2.05) is 6.07 Å². The summed E-state index contributed by atoms with van der Waals surface area (Å²) < 4.78 is 102. The minimum Gasteiger partial charge on any atom is -0.429 e. The predicted octanol–water partition coefficient (Wildman–Crippen LogP) is 7.69. The number of alkyl halides is 2. The Bertz CT molecular complexity index is 1160. The van der Waals surface area contributed by atoms with Crippen molar-refractivity contribution >= 4 is 0 Å². The predicted molar refractivity (Wildman–Crippen MR) is 108 cm³/mol. The first-order valence-electron chi connectivity index (χ1n) is 10.4. The first-order chi connectivity index (χ1) is 15.6.